The molecule has 0 aliphatic rings. The quantitative estimate of drug-likeness (QED) is 0.211. The highest BCUT2D eigenvalue weighted by Gasteiger charge is 2.18. The molecule has 4 heterocycles. The molecule has 6 aromatic rings. The molecule has 41 heavy (non-hydrogen) atoms. The van der Waals surface area contributed by atoms with E-state index in [0.717, 1.165) is 27.5 Å². The smallest absolute Gasteiger partial charge is 0.224 e. The van der Waals surface area contributed by atoms with E-state index in [1.807, 2.05) is 51.1 Å². The molecule has 0 aliphatic carbocycles. The summed E-state index contributed by atoms with van der Waals surface area (Å²) in [4.78, 5) is 29.4. The van der Waals surface area contributed by atoms with Crippen LogP contribution in [0, 0.1) is 11.2 Å². The van der Waals surface area contributed by atoms with Crippen molar-refractivity contribution < 1.29 is 13.9 Å². The number of halogens is 1. The van der Waals surface area contributed by atoms with E-state index in [9.17, 15) is 9.18 Å². The van der Waals surface area contributed by atoms with E-state index < -0.39 is 5.82 Å². The number of nitrogens with zero attached hydrogens (tertiary/aromatic N) is 4. The molecule has 0 atom stereocenters. The first-order chi connectivity index (χ1) is 19.7. The van der Waals surface area contributed by atoms with Gasteiger partial charge in [-0.1, -0.05) is 26.8 Å². The van der Waals surface area contributed by atoms with Crippen molar-refractivity contribution in [2.45, 2.75) is 27.2 Å². The molecule has 0 saturated heterocycles. The number of aromatic amines is 2. The van der Waals surface area contributed by atoms with Crippen molar-refractivity contribution in [2.24, 2.45) is 5.41 Å². The molecular formula is C31H28FN7O2. The summed E-state index contributed by atoms with van der Waals surface area (Å²) < 4.78 is 19.5. The summed E-state index contributed by atoms with van der Waals surface area (Å²) in [6, 6.07) is 14.1. The van der Waals surface area contributed by atoms with Crippen molar-refractivity contribution in [1.29, 1.82) is 0 Å². The van der Waals surface area contributed by atoms with E-state index in [2.05, 4.69) is 30.5 Å². The fraction of sp³-hybridized carbons (Fsp3) is 0.194. The Bertz CT molecular complexity index is 1920. The zero-order chi connectivity index (χ0) is 28.7. The summed E-state index contributed by atoms with van der Waals surface area (Å²) in [5.41, 5.74) is 6.15. The average Bonchev–Trinajstić information content (AvgIpc) is 3.55. The Balaban J connectivity index is 1.37. The van der Waals surface area contributed by atoms with Crippen LogP contribution in [0.25, 0.3) is 55.8 Å². The number of imidazole rings is 1. The lowest BCUT2D eigenvalue weighted by Crippen LogP contribution is -2.19. The largest absolute Gasteiger partial charge is 0.497 e. The molecule has 0 bridgehead atoms. The number of fused-ring (bicyclic) bond motifs is 2. The van der Waals surface area contributed by atoms with Crippen LogP contribution in [0.15, 0.2) is 67.1 Å². The Kier molecular flexibility index (Phi) is 6.45. The van der Waals surface area contributed by atoms with Gasteiger partial charge in [0.2, 0.25) is 5.91 Å². The van der Waals surface area contributed by atoms with Crippen molar-refractivity contribution >= 4 is 33.5 Å². The fourth-order valence-corrected chi connectivity index (χ4v) is 4.80. The minimum absolute atomic E-state index is 0.0561. The lowest BCUT2D eigenvalue weighted by atomic mass is 9.92. The predicted octanol–water partition coefficient (Wildman–Crippen LogP) is 6.75. The second kappa shape index (κ2) is 10.1. The number of benzene rings is 2. The molecule has 10 heteroatoms. The lowest BCUT2D eigenvalue weighted by Gasteiger charge is -2.17. The second-order valence-corrected chi connectivity index (χ2v) is 11.1. The van der Waals surface area contributed by atoms with Crippen molar-refractivity contribution in [3.05, 3.63) is 72.9 Å². The summed E-state index contributed by atoms with van der Waals surface area (Å²) in [6.07, 6.45) is 5.45. The van der Waals surface area contributed by atoms with Gasteiger partial charge in [0.25, 0.3) is 0 Å². The molecule has 1 amide bonds. The predicted molar refractivity (Wildman–Crippen MR) is 157 cm³/mol. The van der Waals surface area contributed by atoms with Crippen LogP contribution in [0.1, 0.15) is 27.2 Å². The van der Waals surface area contributed by atoms with Crippen LogP contribution in [-0.2, 0) is 4.79 Å². The van der Waals surface area contributed by atoms with Gasteiger partial charge in [-0.3, -0.25) is 19.9 Å². The Morgan fingerprint density at radius 2 is 1.83 bits per heavy atom. The molecule has 0 aliphatic heterocycles. The average molecular weight is 550 g/mol. The first-order valence-electron chi connectivity index (χ1n) is 13.1. The van der Waals surface area contributed by atoms with E-state index >= 15 is 0 Å². The first-order valence-corrected chi connectivity index (χ1v) is 13.1. The second-order valence-electron chi connectivity index (χ2n) is 11.1. The molecule has 0 radical (unpaired) electrons. The molecule has 0 fully saturated rings. The number of carbonyl (C=O) groups excluding carboxylic acids is 1. The van der Waals surface area contributed by atoms with Crippen molar-refractivity contribution in [1.82, 2.24) is 30.1 Å². The van der Waals surface area contributed by atoms with Crippen LogP contribution < -0.4 is 10.1 Å². The number of anilines is 1. The topological polar surface area (TPSA) is 121 Å². The zero-order valence-electron chi connectivity index (χ0n) is 23.0. The molecule has 0 spiro atoms. The van der Waals surface area contributed by atoms with E-state index in [4.69, 9.17) is 9.72 Å². The molecule has 9 nitrogen and oxygen atoms in total. The van der Waals surface area contributed by atoms with Gasteiger partial charge in [0.05, 0.1) is 35.7 Å². The van der Waals surface area contributed by atoms with Crippen LogP contribution in [-0.4, -0.2) is 43.2 Å². The van der Waals surface area contributed by atoms with Crippen molar-refractivity contribution in [3.63, 3.8) is 0 Å². The Labute approximate surface area is 235 Å². The van der Waals surface area contributed by atoms with Crippen LogP contribution >= 0.6 is 0 Å². The third kappa shape index (κ3) is 5.36. The number of hydrogen-bond acceptors (Lipinski definition) is 6. The van der Waals surface area contributed by atoms with Crippen LogP contribution in [0.5, 0.6) is 5.75 Å². The van der Waals surface area contributed by atoms with E-state index in [-0.39, 0.29) is 11.3 Å². The first kappa shape index (κ1) is 26.1. The van der Waals surface area contributed by atoms with E-state index in [1.165, 1.54) is 19.2 Å². The van der Waals surface area contributed by atoms with Gasteiger partial charge in [-0.15, -0.1) is 0 Å². The summed E-state index contributed by atoms with van der Waals surface area (Å²) in [5.74, 6) is 0.460. The number of ether oxygens (including phenoxy) is 1. The van der Waals surface area contributed by atoms with Gasteiger partial charge in [0, 0.05) is 41.4 Å². The standard InChI is InChI=1S/C31H28FN7O2/c1-31(2,3)14-26(40)35-21-10-19(15-33-16-21)17-5-6-24-23(12-17)28(39-38-24)30-36-25-7-8-34-27(29(25)37-30)18-9-20(32)13-22(11-18)41-4/h5-13,15-16H,14H2,1-4H3,(H,35,40)(H,36,37)(H,38,39). The van der Waals surface area contributed by atoms with Gasteiger partial charge in [0.15, 0.2) is 5.82 Å². The highest BCUT2D eigenvalue weighted by atomic mass is 19.1. The number of H-pyrrole nitrogens is 2. The molecule has 206 valence electrons. The molecule has 2 aromatic carbocycles. The maximum Gasteiger partial charge on any atom is 0.224 e. The highest BCUT2D eigenvalue weighted by molar-refractivity contribution is 5.98. The maximum absolute atomic E-state index is 14.3. The fourth-order valence-electron chi connectivity index (χ4n) is 4.80. The van der Waals surface area contributed by atoms with Crippen LogP contribution in [0.2, 0.25) is 0 Å². The molecular weight excluding hydrogens is 521 g/mol. The SMILES string of the molecule is COc1cc(F)cc(-c2nccc3[nH]c(-c4n[nH]c5ccc(-c6cncc(NC(=O)CC(C)(C)C)c6)cc45)nc23)c1. The summed E-state index contributed by atoms with van der Waals surface area (Å²) in [7, 11) is 1.49. The molecule has 4 aromatic heterocycles. The number of nitrogens with one attached hydrogen (secondary N) is 3. The number of hydrogen-bond donors (Lipinski definition) is 3. The summed E-state index contributed by atoms with van der Waals surface area (Å²) in [6.45, 7) is 6.07. The third-order valence-corrected chi connectivity index (χ3v) is 6.61. The van der Waals surface area contributed by atoms with Gasteiger partial charge in [-0.25, -0.2) is 9.37 Å². The van der Waals surface area contributed by atoms with E-state index in [0.29, 0.717) is 46.2 Å². The number of rotatable bonds is 6. The monoisotopic (exact) mass is 549 g/mol. The molecule has 0 saturated carbocycles. The van der Waals surface area contributed by atoms with E-state index in [1.54, 1.807) is 24.7 Å². The molecule has 6 rings (SSSR count). The third-order valence-electron chi connectivity index (χ3n) is 6.61. The Morgan fingerprint density at radius 1 is 0.976 bits per heavy atom. The number of aromatic nitrogens is 6. The maximum atomic E-state index is 14.3. The number of pyridine rings is 2. The minimum atomic E-state index is -0.424. The lowest BCUT2D eigenvalue weighted by molar-refractivity contribution is -0.117. The molecule has 3 N–H and O–H groups in total. The van der Waals surface area contributed by atoms with Crippen LogP contribution in [0.3, 0.4) is 0 Å². The Morgan fingerprint density at radius 3 is 2.63 bits per heavy atom. The zero-order valence-corrected chi connectivity index (χ0v) is 23.0. The van der Waals surface area contributed by atoms with Gasteiger partial charge < -0.3 is 15.0 Å². The minimum Gasteiger partial charge on any atom is -0.497 e. The summed E-state index contributed by atoms with van der Waals surface area (Å²) in [5, 5.41) is 11.4. The number of carbonyl (C=O) groups is 1. The van der Waals surface area contributed by atoms with Crippen LogP contribution in [0.4, 0.5) is 10.1 Å². The van der Waals surface area contributed by atoms with Crippen molar-refractivity contribution in [3.8, 4) is 39.7 Å². The number of methoxy groups -OCH3 is 1. The summed E-state index contributed by atoms with van der Waals surface area (Å²) >= 11 is 0. The molecule has 0 unspecified atom stereocenters. The Hall–Kier alpha value is -5.12. The van der Waals surface area contributed by atoms with Gasteiger partial charge in [-0.05, 0) is 47.4 Å². The normalized spacial score (nSPS) is 11.7. The van der Waals surface area contributed by atoms with Gasteiger partial charge >= 0.3 is 0 Å². The van der Waals surface area contributed by atoms with Crippen molar-refractivity contribution in [2.75, 3.05) is 12.4 Å². The highest BCUT2D eigenvalue weighted by Crippen LogP contribution is 2.34. The van der Waals surface area contributed by atoms with Gasteiger partial charge in [-0.2, -0.15) is 5.10 Å². The van der Waals surface area contributed by atoms with Gasteiger partial charge in [0.1, 0.15) is 22.8 Å². The number of amides is 1.